The Labute approximate surface area is 93.1 Å². The van der Waals surface area contributed by atoms with Crippen LogP contribution in [-0.4, -0.2) is 14.9 Å². The fourth-order valence-electron chi connectivity index (χ4n) is 1.27. The first-order chi connectivity index (χ1) is 7.66. The predicted octanol–water partition coefficient (Wildman–Crippen LogP) is 1.86. The van der Waals surface area contributed by atoms with Crippen molar-refractivity contribution in [2.45, 2.75) is 13.1 Å². The van der Waals surface area contributed by atoms with Gasteiger partial charge in [0.1, 0.15) is 0 Å². The number of hydrogen-bond acceptors (Lipinski definition) is 4. The second-order valence-electron chi connectivity index (χ2n) is 3.47. The van der Waals surface area contributed by atoms with Crippen molar-refractivity contribution in [3.63, 3.8) is 0 Å². The van der Waals surface area contributed by atoms with E-state index >= 15 is 0 Å². The molecule has 0 bridgehead atoms. The fraction of sp³-hybridized carbons (Fsp3) is 0.182. The third kappa shape index (κ3) is 2.14. The lowest BCUT2D eigenvalue weighted by Gasteiger charge is -2.05. The van der Waals surface area contributed by atoms with Crippen molar-refractivity contribution in [2.24, 2.45) is 5.73 Å². The highest BCUT2D eigenvalue weighted by Gasteiger charge is 2.06. The van der Waals surface area contributed by atoms with Crippen LogP contribution in [0.1, 0.15) is 13.1 Å². The summed E-state index contributed by atoms with van der Waals surface area (Å²) >= 11 is 0. The van der Waals surface area contributed by atoms with Crippen LogP contribution in [0, 0.1) is 0 Å². The normalized spacial score (nSPS) is 12.4. The highest BCUT2D eigenvalue weighted by atomic mass is 16.5. The molecule has 84 valence electrons. The SMILES string of the molecule is CC(N)n1cc(Oc2ccccc2O)cn1. The summed E-state index contributed by atoms with van der Waals surface area (Å²) in [4.78, 5) is 0. The summed E-state index contributed by atoms with van der Waals surface area (Å²) in [7, 11) is 0. The number of phenolic OH excluding ortho intramolecular Hbond substituents is 1. The van der Waals surface area contributed by atoms with E-state index in [2.05, 4.69) is 5.10 Å². The molecule has 0 saturated heterocycles. The molecule has 1 heterocycles. The minimum atomic E-state index is -0.207. The maximum atomic E-state index is 9.51. The molecule has 0 radical (unpaired) electrons. The molecule has 0 aliphatic carbocycles. The first kappa shape index (κ1) is 10.5. The molecule has 3 N–H and O–H groups in total. The second-order valence-corrected chi connectivity index (χ2v) is 3.47. The summed E-state index contributed by atoms with van der Waals surface area (Å²) in [5, 5.41) is 13.5. The molecule has 2 rings (SSSR count). The van der Waals surface area contributed by atoms with E-state index in [-0.39, 0.29) is 11.9 Å². The molecule has 1 aromatic heterocycles. The second kappa shape index (κ2) is 4.24. The molecule has 1 unspecified atom stereocenters. The number of phenols is 1. The van der Waals surface area contributed by atoms with Crippen LogP contribution in [0.15, 0.2) is 36.7 Å². The predicted molar refractivity (Wildman–Crippen MR) is 59.3 cm³/mol. The van der Waals surface area contributed by atoms with E-state index < -0.39 is 0 Å². The summed E-state index contributed by atoms with van der Waals surface area (Å²) in [6.45, 7) is 1.82. The van der Waals surface area contributed by atoms with Gasteiger partial charge in [0.15, 0.2) is 17.2 Å². The van der Waals surface area contributed by atoms with Gasteiger partial charge in [0.05, 0.1) is 18.6 Å². The van der Waals surface area contributed by atoms with Crippen molar-refractivity contribution in [3.05, 3.63) is 36.7 Å². The van der Waals surface area contributed by atoms with E-state index in [0.717, 1.165) is 0 Å². The third-order valence-electron chi connectivity index (χ3n) is 2.09. The number of aromatic hydroxyl groups is 1. The molecular formula is C11H13N3O2. The molecule has 0 amide bonds. The third-order valence-corrected chi connectivity index (χ3v) is 2.09. The molecule has 2 aromatic rings. The first-order valence-corrected chi connectivity index (χ1v) is 4.92. The number of rotatable bonds is 3. The number of hydrogen-bond donors (Lipinski definition) is 2. The molecule has 16 heavy (non-hydrogen) atoms. The largest absolute Gasteiger partial charge is 0.504 e. The zero-order valence-corrected chi connectivity index (χ0v) is 8.87. The zero-order chi connectivity index (χ0) is 11.5. The van der Waals surface area contributed by atoms with E-state index in [1.807, 2.05) is 6.92 Å². The number of aromatic nitrogens is 2. The highest BCUT2D eigenvalue weighted by Crippen LogP contribution is 2.29. The summed E-state index contributed by atoms with van der Waals surface area (Å²) in [5.74, 6) is 1.03. The van der Waals surface area contributed by atoms with Gasteiger partial charge in [0.2, 0.25) is 0 Å². The lowest BCUT2D eigenvalue weighted by molar-refractivity contribution is 0.410. The molecule has 1 aromatic carbocycles. The number of para-hydroxylation sites is 2. The fourth-order valence-corrected chi connectivity index (χ4v) is 1.27. The molecule has 0 saturated carbocycles. The van der Waals surface area contributed by atoms with Crippen molar-refractivity contribution < 1.29 is 9.84 Å². The van der Waals surface area contributed by atoms with Crippen molar-refractivity contribution in [1.82, 2.24) is 9.78 Å². The summed E-state index contributed by atoms with van der Waals surface area (Å²) in [6, 6.07) is 6.75. The maximum Gasteiger partial charge on any atom is 0.169 e. The minimum Gasteiger partial charge on any atom is -0.504 e. The Hall–Kier alpha value is -2.01. The number of benzene rings is 1. The van der Waals surface area contributed by atoms with E-state index in [4.69, 9.17) is 10.5 Å². The number of ether oxygens (including phenoxy) is 1. The Bertz CT molecular complexity index is 480. The molecule has 0 aliphatic heterocycles. The van der Waals surface area contributed by atoms with Gasteiger partial charge in [-0.15, -0.1) is 0 Å². The van der Waals surface area contributed by atoms with Gasteiger partial charge >= 0.3 is 0 Å². The van der Waals surface area contributed by atoms with Crippen LogP contribution in [0.2, 0.25) is 0 Å². The molecule has 0 fully saturated rings. The Morgan fingerprint density at radius 2 is 2.19 bits per heavy atom. The molecule has 0 aliphatic rings. The van der Waals surface area contributed by atoms with E-state index in [1.54, 1.807) is 41.3 Å². The van der Waals surface area contributed by atoms with Crippen molar-refractivity contribution in [1.29, 1.82) is 0 Å². The smallest absolute Gasteiger partial charge is 0.169 e. The Kier molecular flexibility index (Phi) is 2.78. The quantitative estimate of drug-likeness (QED) is 0.826. The van der Waals surface area contributed by atoms with Crippen LogP contribution in [0.3, 0.4) is 0 Å². The van der Waals surface area contributed by atoms with Gasteiger partial charge in [0.25, 0.3) is 0 Å². The van der Waals surface area contributed by atoms with E-state index in [0.29, 0.717) is 11.5 Å². The maximum absolute atomic E-state index is 9.51. The number of nitrogens with zero attached hydrogens (tertiary/aromatic N) is 2. The average Bonchev–Trinajstić information content (AvgIpc) is 2.70. The Balaban J connectivity index is 2.18. The van der Waals surface area contributed by atoms with Crippen LogP contribution in [0.4, 0.5) is 0 Å². The average molecular weight is 219 g/mol. The van der Waals surface area contributed by atoms with Gasteiger partial charge in [-0.1, -0.05) is 12.1 Å². The highest BCUT2D eigenvalue weighted by molar-refractivity contribution is 5.40. The summed E-state index contributed by atoms with van der Waals surface area (Å²) in [6.07, 6.45) is 3.02. The van der Waals surface area contributed by atoms with Crippen LogP contribution in [-0.2, 0) is 0 Å². The lowest BCUT2D eigenvalue weighted by Crippen LogP contribution is -2.14. The zero-order valence-electron chi connectivity index (χ0n) is 8.87. The lowest BCUT2D eigenvalue weighted by atomic mass is 10.3. The molecule has 0 spiro atoms. The summed E-state index contributed by atoms with van der Waals surface area (Å²) in [5.41, 5.74) is 5.65. The van der Waals surface area contributed by atoms with Gasteiger partial charge in [-0.3, -0.25) is 4.68 Å². The monoisotopic (exact) mass is 219 g/mol. The van der Waals surface area contributed by atoms with Gasteiger partial charge in [-0.2, -0.15) is 5.10 Å². The Morgan fingerprint density at radius 1 is 1.44 bits per heavy atom. The van der Waals surface area contributed by atoms with Gasteiger partial charge in [-0.05, 0) is 19.1 Å². The topological polar surface area (TPSA) is 73.3 Å². The van der Waals surface area contributed by atoms with Crippen molar-refractivity contribution in [2.75, 3.05) is 0 Å². The van der Waals surface area contributed by atoms with Crippen molar-refractivity contribution >= 4 is 0 Å². The van der Waals surface area contributed by atoms with Gasteiger partial charge < -0.3 is 15.6 Å². The molecular weight excluding hydrogens is 206 g/mol. The molecule has 5 nitrogen and oxygen atoms in total. The van der Waals surface area contributed by atoms with Crippen LogP contribution in [0.5, 0.6) is 17.2 Å². The number of nitrogens with two attached hydrogens (primary N) is 1. The van der Waals surface area contributed by atoms with Gasteiger partial charge in [-0.25, -0.2) is 0 Å². The first-order valence-electron chi connectivity index (χ1n) is 4.92. The van der Waals surface area contributed by atoms with E-state index in [9.17, 15) is 5.11 Å². The van der Waals surface area contributed by atoms with Gasteiger partial charge in [0, 0.05) is 0 Å². The standard InChI is InChI=1S/C11H13N3O2/c1-8(12)14-7-9(6-13-14)16-11-5-3-2-4-10(11)15/h2-8,15H,12H2,1H3. The molecule has 1 atom stereocenters. The van der Waals surface area contributed by atoms with Crippen LogP contribution < -0.4 is 10.5 Å². The van der Waals surface area contributed by atoms with E-state index in [1.165, 1.54) is 0 Å². The van der Waals surface area contributed by atoms with Crippen LogP contribution >= 0.6 is 0 Å². The molecule has 5 heteroatoms. The Morgan fingerprint density at radius 3 is 2.81 bits per heavy atom. The van der Waals surface area contributed by atoms with Crippen LogP contribution in [0.25, 0.3) is 0 Å². The van der Waals surface area contributed by atoms with Crippen molar-refractivity contribution in [3.8, 4) is 17.2 Å². The minimum absolute atomic E-state index is 0.0936. The summed E-state index contributed by atoms with van der Waals surface area (Å²) < 4.78 is 7.03.